The van der Waals surface area contributed by atoms with E-state index in [-0.39, 0.29) is 11.5 Å². The highest BCUT2D eigenvalue weighted by atomic mass is 35.7. The fourth-order valence-corrected chi connectivity index (χ4v) is 4.25. The van der Waals surface area contributed by atoms with Crippen molar-refractivity contribution >= 4 is 42.9 Å². The summed E-state index contributed by atoms with van der Waals surface area (Å²) in [6, 6.07) is 7.70. The van der Waals surface area contributed by atoms with E-state index >= 15 is 0 Å². The first-order chi connectivity index (χ1) is 15.6. The predicted octanol–water partition coefficient (Wildman–Crippen LogP) is 8.54. The SMILES string of the molecule is O=S(=O)(Cl)c1c(Oc2ccc(C(F)(F)F)cc2Cl)cccc1Oc1ccc(C(F)(F)F)cc1Cl. The average Bonchev–Trinajstić information content (AvgIpc) is 2.68. The molecular weight excluding hydrogens is 557 g/mol. The summed E-state index contributed by atoms with van der Waals surface area (Å²) in [4.78, 5) is -0.761. The van der Waals surface area contributed by atoms with Crippen LogP contribution in [0.15, 0.2) is 59.5 Å². The van der Waals surface area contributed by atoms with Crippen LogP contribution in [-0.4, -0.2) is 8.42 Å². The first-order valence-electron chi connectivity index (χ1n) is 8.74. The number of ether oxygens (including phenoxy) is 2. The quantitative estimate of drug-likeness (QED) is 0.230. The average molecular weight is 566 g/mol. The number of halogens is 9. The first-order valence-corrected chi connectivity index (χ1v) is 11.8. The van der Waals surface area contributed by atoms with Crippen LogP contribution in [0.25, 0.3) is 0 Å². The van der Waals surface area contributed by atoms with Crippen LogP contribution in [-0.2, 0) is 21.4 Å². The van der Waals surface area contributed by atoms with Crippen LogP contribution in [0.3, 0.4) is 0 Å². The number of rotatable bonds is 5. The van der Waals surface area contributed by atoms with Gasteiger partial charge in [-0.2, -0.15) is 26.3 Å². The third kappa shape index (κ3) is 6.01. The van der Waals surface area contributed by atoms with E-state index in [2.05, 4.69) is 0 Å². The highest BCUT2D eigenvalue weighted by Crippen LogP contribution is 2.44. The molecule has 0 unspecified atom stereocenters. The molecule has 14 heteroatoms. The molecule has 0 aromatic heterocycles. The molecule has 0 saturated carbocycles. The number of hydrogen-bond acceptors (Lipinski definition) is 4. The minimum atomic E-state index is -4.68. The summed E-state index contributed by atoms with van der Waals surface area (Å²) < 4.78 is 112. The molecule has 0 amide bonds. The molecule has 3 aromatic rings. The molecule has 0 radical (unpaired) electrons. The van der Waals surface area contributed by atoms with Crippen molar-refractivity contribution in [1.82, 2.24) is 0 Å². The summed E-state index contributed by atoms with van der Waals surface area (Å²) in [6.07, 6.45) is -9.36. The summed E-state index contributed by atoms with van der Waals surface area (Å²) in [5.74, 6) is -1.61. The normalized spacial score (nSPS) is 12.5. The number of alkyl halides is 6. The summed E-state index contributed by atoms with van der Waals surface area (Å²) in [7, 11) is 0.883. The maximum Gasteiger partial charge on any atom is 0.416 e. The van der Waals surface area contributed by atoms with Gasteiger partial charge in [-0.05, 0) is 48.5 Å². The number of benzene rings is 3. The van der Waals surface area contributed by atoms with Crippen LogP contribution in [0.1, 0.15) is 11.1 Å². The van der Waals surface area contributed by atoms with E-state index in [9.17, 15) is 34.8 Å². The molecule has 3 rings (SSSR count). The highest BCUT2D eigenvalue weighted by Gasteiger charge is 2.33. The van der Waals surface area contributed by atoms with Gasteiger partial charge in [0.1, 0.15) is 11.5 Å². The molecule has 0 spiro atoms. The summed E-state index contributed by atoms with van der Waals surface area (Å²) in [5.41, 5.74) is -2.13. The highest BCUT2D eigenvalue weighted by molar-refractivity contribution is 8.14. The molecule has 0 atom stereocenters. The van der Waals surface area contributed by atoms with E-state index in [4.69, 9.17) is 43.4 Å². The summed E-state index contributed by atoms with van der Waals surface area (Å²) in [6.45, 7) is 0. The standard InChI is InChI=1S/C20H9Cl3F6O4S/c21-12-8-10(19(24,25)26)4-6-14(12)32-16-2-1-3-17(18(16)34(23,30)31)33-15-7-5-11(9-13(15)22)20(27,28)29/h1-9H. The predicted molar refractivity (Wildman–Crippen MR) is 113 cm³/mol. The van der Waals surface area contributed by atoms with Crippen LogP contribution in [0.2, 0.25) is 10.0 Å². The molecule has 0 heterocycles. The van der Waals surface area contributed by atoms with Crippen LogP contribution in [0, 0.1) is 0 Å². The molecular formula is C20H9Cl3F6O4S. The molecule has 0 aliphatic carbocycles. The van der Waals surface area contributed by atoms with Gasteiger partial charge in [-0.15, -0.1) is 0 Å². The molecule has 0 saturated heterocycles. The van der Waals surface area contributed by atoms with Crippen molar-refractivity contribution in [2.24, 2.45) is 0 Å². The van der Waals surface area contributed by atoms with Gasteiger partial charge in [-0.3, -0.25) is 0 Å². The smallest absolute Gasteiger partial charge is 0.416 e. The van der Waals surface area contributed by atoms with Crippen LogP contribution < -0.4 is 9.47 Å². The van der Waals surface area contributed by atoms with Crippen molar-refractivity contribution < 1.29 is 44.2 Å². The Kier molecular flexibility index (Phi) is 7.24. The van der Waals surface area contributed by atoms with Crippen molar-refractivity contribution in [3.05, 3.63) is 75.8 Å². The van der Waals surface area contributed by atoms with Crippen LogP contribution >= 0.6 is 33.9 Å². The molecule has 34 heavy (non-hydrogen) atoms. The number of hydrogen-bond donors (Lipinski definition) is 0. The van der Waals surface area contributed by atoms with Gasteiger partial charge < -0.3 is 9.47 Å². The lowest BCUT2D eigenvalue weighted by molar-refractivity contribution is -0.138. The zero-order valence-corrected chi connectivity index (χ0v) is 19.2. The largest absolute Gasteiger partial charge is 0.454 e. The topological polar surface area (TPSA) is 52.6 Å². The van der Waals surface area contributed by atoms with Crippen molar-refractivity contribution in [3.63, 3.8) is 0 Å². The molecule has 3 aromatic carbocycles. The molecule has 0 N–H and O–H groups in total. The van der Waals surface area contributed by atoms with Crippen molar-refractivity contribution in [1.29, 1.82) is 0 Å². The molecule has 4 nitrogen and oxygen atoms in total. The van der Waals surface area contributed by atoms with Crippen molar-refractivity contribution in [2.45, 2.75) is 17.2 Å². The summed E-state index contributed by atoms with van der Waals surface area (Å²) in [5, 5.41) is -0.963. The fourth-order valence-electron chi connectivity index (χ4n) is 2.65. The zero-order valence-electron chi connectivity index (χ0n) is 16.1. The molecule has 0 aliphatic heterocycles. The zero-order chi connectivity index (χ0) is 25.5. The Labute approximate surface area is 203 Å². The maximum absolute atomic E-state index is 12.8. The van der Waals surface area contributed by atoms with Gasteiger partial charge in [0.2, 0.25) is 0 Å². The maximum atomic E-state index is 12.8. The van der Waals surface area contributed by atoms with Gasteiger partial charge in [0.05, 0.1) is 21.2 Å². The van der Waals surface area contributed by atoms with E-state index in [1.165, 1.54) is 6.07 Å². The second-order valence-electron chi connectivity index (χ2n) is 6.51. The second-order valence-corrected chi connectivity index (χ2v) is 9.83. The van der Waals surface area contributed by atoms with E-state index < -0.39 is 59.0 Å². The third-order valence-corrected chi connectivity index (χ3v) is 6.09. The third-order valence-electron chi connectivity index (χ3n) is 4.14. The Hall–Kier alpha value is -2.34. The Morgan fingerprint density at radius 1 is 0.647 bits per heavy atom. The first kappa shape index (κ1) is 26.3. The Morgan fingerprint density at radius 3 is 1.32 bits per heavy atom. The molecule has 182 valence electrons. The van der Waals surface area contributed by atoms with E-state index in [1.807, 2.05) is 0 Å². The van der Waals surface area contributed by atoms with Crippen molar-refractivity contribution in [2.75, 3.05) is 0 Å². The van der Waals surface area contributed by atoms with Gasteiger partial charge in [-0.25, -0.2) is 8.42 Å². The Balaban J connectivity index is 2.03. The van der Waals surface area contributed by atoms with Crippen LogP contribution in [0.5, 0.6) is 23.0 Å². The van der Waals surface area contributed by atoms with Gasteiger partial charge in [0, 0.05) is 10.7 Å². The minimum absolute atomic E-state index is 0.332. The van der Waals surface area contributed by atoms with E-state index in [1.54, 1.807) is 0 Å². The van der Waals surface area contributed by atoms with Crippen molar-refractivity contribution in [3.8, 4) is 23.0 Å². The van der Waals surface area contributed by atoms with Gasteiger partial charge >= 0.3 is 12.4 Å². The monoisotopic (exact) mass is 564 g/mol. The molecule has 0 fully saturated rings. The van der Waals surface area contributed by atoms with E-state index in [0.717, 1.165) is 24.3 Å². The second kappa shape index (κ2) is 9.37. The lowest BCUT2D eigenvalue weighted by atomic mass is 10.2. The molecule has 0 aliphatic rings. The Morgan fingerprint density at radius 2 is 1.03 bits per heavy atom. The van der Waals surface area contributed by atoms with Crippen LogP contribution in [0.4, 0.5) is 26.3 Å². The van der Waals surface area contributed by atoms with Gasteiger partial charge in [-0.1, -0.05) is 29.3 Å². The van der Waals surface area contributed by atoms with E-state index in [0.29, 0.717) is 24.3 Å². The lowest BCUT2D eigenvalue weighted by Crippen LogP contribution is -2.05. The fraction of sp³-hybridized carbons (Fsp3) is 0.100. The Bertz CT molecular complexity index is 1260. The lowest BCUT2D eigenvalue weighted by Gasteiger charge is -2.16. The molecule has 0 bridgehead atoms. The van der Waals surface area contributed by atoms with Gasteiger partial charge in [0.25, 0.3) is 9.05 Å². The summed E-state index contributed by atoms with van der Waals surface area (Å²) >= 11 is 11.7. The van der Waals surface area contributed by atoms with Gasteiger partial charge in [0.15, 0.2) is 16.4 Å². The minimum Gasteiger partial charge on any atom is -0.454 e.